The summed E-state index contributed by atoms with van der Waals surface area (Å²) in [5, 5.41) is 4.36. The number of para-hydroxylation sites is 1. The Morgan fingerprint density at radius 1 is 1.09 bits per heavy atom. The molecule has 0 saturated heterocycles. The van der Waals surface area contributed by atoms with Gasteiger partial charge in [-0.3, -0.25) is 0 Å². The van der Waals surface area contributed by atoms with Crippen molar-refractivity contribution in [3.05, 3.63) is 35.6 Å². The Kier molecular flexibility index (Phi) is 5.11. The zero-order valence-corrected chi connectivity index (χ0v) is 7.41. The van der Waals surface area contributed by atoms with E-state index in [9.17, 15) is 0 Å². The summed E-state index contributed by atoms with van der Waals surface area (Å²) >= 11 is 0. The van der Waals surface area contributed by atoms with Gasteiger partial charge in [0.2, 0.25) is 0 Å². The van der Waals surface area contributed by atoms with Crippen LogP contribution in [-0.2, 0) is 0 Å². The van der Waals surface area contributed by atoms with Gasteiger partial charge in [-0.05, 0) is 0 Å². The molecule has 0 atom stereocenters. The smallest absolute Gasteiger partial charge is 0.682 e. The van der Waals surface area contributed by atoms with Gasteiger partial charge in [0.05, 0.1) is 0 Å². The standard InChI is InChI=1S/C9H12N.Li/c1-8(2)10-9-6-4-3-5-7-9;/h3-8H,1-2H3;/q-1;+1. The van der Waals surface area contributed by atoms with Gasteiger partial charge in [0.1, 0.15) is 0 Å². The van der Waals surface area contributed by atoms with Crippen LogP contribution in [0.5, 0.6) is 0 Å². The van der Waals surface area contributed by atoms with Crippen molar-refractivity contribution in [2.45, 2.75) is 19.9 Å². The normalized spacial score (nSPS) is 9.00. The van der Waals surface area contributed by atoms with Gasteiger partial charge in [0.15, 0.2) is 0 Å². The maximum absolute atomic E-state index is 4.36. The van der Waals surface area contributed by atoms with E-state index in [4.69, 9.17) is 0 Å². The summed E-state index contributed by atoms with van der Waals surface area (Å²) in [5.74, 6) is 0. The minimum atomic E-state index is 0. The zero-order valence-electron chi connectivity index (χ0n) is 7.41. The fraction of sp³-hybridized carbons (Fsp3) is 0.333. The Morgan fingerprint density at radius 3 is 2.09 bits per heavy atom. The van der Waals surface area contributed by atoms with E-state index in [1.54, 1.807) is 0 Å². The largest absolute Gasteiger partial charge is 1.00 e. The Morgan fingerprint density at radius 2 is 1.64 bits per heavy atom. The molecular weight excluding hydrogens is 129 g/mol. The SMILES string of the molecule is CC(C)[N-]c1ccccc1.[Li+]. The monoisotopic (exact) mass is 141 g/mol. The molecule has 0 aliphatic carbocycles. The molecule has 11 heavy (non-hydrogen) atoms. The van der Waals surface area contributed by atoms with Crippen molar-refractivity contribution < 1.29 is 18.9 Å². The van der Waals surface area contributed by atoms with E-state index in [1.807, 2.05) is 30.3 Å². The van der Waals surface area contributed by atoms with Gasteiger partial charge in [-0.25, -0.2) is 0 Å². The average Bonchev–Trinajstić information content (AvgIpc) is 1.88. The van der Waals surface area contributed by atoms with Crippen LogP contribution in [0.4, 0.5) is 5.69 Å². The Labute approximate surface area is 80.4 Å². The predicted octanol–water partition coefficient (Wildman–Crippen LogP) is 0.104. The fourth-order valence-corrected chi connectivity index (χ4v) is 0.812. The number of nitrogens with zero attached hydrogens (tertiary/aromatic N) is 1. The molecule has 1 aromatic carbocycles. The van der Waals surface area contributed by atoms with Gasteiger partial charge in [-0.2, -0.15) is 0 Å². The van der Waals surface area contributed by atoms with Gasteiger partial charge in [-0.1, -0.05) is 44.2 Å². The average molecular weight is 141 g/mol. The molecule has 1 nitrogen and oxygen atoms in total. The van der Waals surface area contributed by atoms with Crippen LogP contribution >= 0.6 is 0 Å². The third kappa shape index (κ3) is 4.13. The molecule has 54 valence electrons. The fourth-order valence-electron chi connectivity index (χ4n) is 0.812. The van der Waals surface area contributed by atoms with Crippen LogP contribution in [0.25, 0.3) is 5.32 Å². The van der Waals surface area contributed by atoms with E-state index < -0.39 is 0 Å². The molecule has 0 fully saturated rings. The minimum Gasteiger partial charge on any atom is -0.682 e. The summed E-state index contributed by atoms with van der Waals surface area (Å²) < 4.78 is 0. The Bertz CT molecular complexity index is 184. The molecule has 0 radical (unpaired) electrons. The summed E-state index contributed by atoms with van der Waals surface area (Å²) in [6.07, 6.45) is 0. The van der Waals surface area contributed by atoms with Crippen molar-refractivity contribution in [2.75, 3.05) is 0 Å². The van der Waals surface area contributed by atoms with Crippen LogP contribution in [0.3, 0.4) is 0 Å². The molecule has 0 aromatic heterocycles. The summed E-state index contributed by atoms with van der Waals surface area (Å²) in [7, 11) is 0. The minimum absolute atomic E-state index is 0. The molecule has 2 heteroatoms. The molecular formula is C9H12LiN. The van der Waals surface area contributed by atoms with Crippen LogP contribution in [0.1, 0.15) is 13.8 Å². The maximum atomic E-state index is 4.36. The van der Waals surface area contributed by atoms with E-state index in [2.05, 4.69) is 19.2 Å². The van der Waals surface area contributed by atoms with Crippen molar-refractivity contribution >= 4 is 5.69 Å². The molecule has 0 saturated carbocycles. The van der Waals surface area contributed by atoms with E-state index in [1.165, 1.54) is 0 Å². The van der Waals surface area contributed by atoms with Gasteiger partial charge in [0, 0.05) is 0 Å². The second-order valence-electron chi connectivity index (χ2n) is 2.56. The van der Waals surface area contributed by atoms with Crippen LogP contribution < -0.4 is 18.9 Å². The molecule has 0 bridgehead atoms. The number of benzene rings is 1. The second-order valence-corrected chi connectivity index (χ2v) is 2.56. The molecule has 0 aliphatic rings. The summed E-state index contributed by atoms with van der Waals surface area (Å²) in [6, 6.07) is 10.4. The molecule has 0 amide bonds. The number of rotatable bonds is 2. The summed E-state index contributed by atoms with van der Waals surface area (Å²) in [4.78, 5) is 0. The first-order valence-corrected chi connectivity index (χ1v) is 3.55. The summed E-state index contributed by atoms with van der Waals surface area (Å²) in [6.45, 7) is 4.15. The third-order valence-corrected chi connectivity index (χ3v) is 1.16. The Hall–Kier alpha value is -0.383. The topological polar surface area (TPSA) is 14.1 Å². The van der Waals surface area contributed by atoms with Crippen LogP contribution in [0.2, 0.25) is 0 Å². The van der Waals surface area contributed by atoms with Crippen molar-refractivity contribution in [2.24, 2.45) is 0 Å². The molecule has 0 spiro atoms. The van der Waals surface area contributed by atoms with Gasteiger partial charge in [0.25, 0.3) is 0 Å². The molecule has 1 aromatic rings. The molecule has 0 unspecified atom stereocenters. The van der Waals surface area contributed by atoms with E-state index in [-0.39, 0.29) is 18.9 Å². The van der Waals surface area contributed by atoms with Crippen molar-refractivity contribution in [3.63, 3.8) is 0 Å². The van der Waals surface area contributed by atoms with Crippen molar-refractivity contribution in [1.82, 2.24) is 0 Å². The predicted molar refractivity (Wildman–Crippen MR) is 44.6 cm³/mol. The molecule has 0 heterocycles. The number of hydrogen-bond donors (Lipinski definition) is 0. The van der Waals surface area contributed by atoms with Gasteiger partial charge < -0.3 is 5.32 Å². The van der Waals surface area contributed by atoms with Crippen LogP contribution in [0, 0.1) is 0 Å². The van der Waals surface area contributed by atoms with Crippen LogP contribution in [-0.4, -0.2) is 6.04 Å². The maximum Gasteiger partial charge on any atom is 1.00 e. The third-order valence-electron chi connectivity index (χ3n) is 1.16. The molecule has 0 aliphatic heterocycles. The first kappa shape index (κ1) is 10.6. The first-order chi connectivity index (χ1) is 4.79. The molecule has 0 N–H and O–H groups in total. The van der Waals surface area contributed by atoms with Gasteiger partial charge in [-0.15, -0.1) is 11.7 Å². The summed E-state index contributed by atoms with van der Waals surface area (Å²) in [5.41, 5.74) is 1.07. The van der Waals surface area contributed by atoms with E-state index in [0.717, 1.165) is 5.69 Å². The molecule has 1 rings (SSSR count). The van der Waals surface area contributed by atoms with Crippen molar-refractivity contribution in [3.8, 4) is 0 Å². The zero-order chi connectivity index (χ0) is 7.40. The first-order valence-electron chi connectivity index (χ1n) is 3.55. The van der Waals surface area contributed by atoms with E-state index >= 15 is 0 Å². The van der Waals surface area contributed by atoms with Crippen molar-refractivity contribution in [1.29, 1.82) is 0 Å². The van der Waals surface area contributed by atoms with E-state index in [0.29, 0.717) is 6.04 Å². The van der Waals surface area contributed by atoms with Crippen LogP contribution in [0.15, 0.2) is 30.3 Å². The van der Waals surface area contributed by atoms with Gasteiger partial charge >= 0.3 is 18.9 Å². The Balaban J connectivity index is 0.000001000. The quantitative estimate of drug-likeness (QED) is 0.519. The second kappa shape index (κ2) is 5.29. The number of hydrogen-bond acceptors (Lipinski definition) is 0.